The Morgan fingerprint density at radius 3 is 1.89 bits per heavy atom. The fraction of sp³-hybridized carbons (Fsp3) is 1.00. The Balaban J connectivity index is 2.14. The molecule has 108 valence electrons. The zero-order valence-electron chi connectivity index (χ0n) is 12.4. The predicted octanol–water partition coefficient (Wildman–Crippen LogP) is 1.05. The van der Waals surface area contributed by atoms with E-state index in [0.717, 1.165) is 38.6 Å². The smallest absolute Gasteiger partial charge is 0.0900 e. The van der Waals surface area contributed by atoms with Crippen molar-refractivity contribution in [3.8, 4) is 0 Å². The highest BCUT2D eigenvalue weighted by molar-refractivity contribution is 4.74. The van der Waals surface area contributed by atoms with Crippen LogP contribution in [0.3, 0.4) is 0 Å². The molecule has 1 heterocycles. The van der Waals surface area contributed by atoms with Crippen LogP contribution in [0.15, 0.2) is 0 Å². The molecule has 0 aromatic heterocycles. The molecular weight excluding hydrogens is 228 g/mol. The van der Waals surface area contributed by atoms with E-state index in [1.54, 1.807) is 0 Å². The summed E-state index contributed by atoms with van der Waals surface area (Å²) in [5, 5.41) is 9.88. The van der Waals surface area contributed by atoms with Crippen molar-refractivity contribution in [2.24, 2.45) is 5.92 Å². The average molecular weight is 258 g/mol. The number of piperazine rings is 1. The topological polar surface area (TPSA) is 35.9 Å². The maximum Gasteiger partial charge on any atom is 0.0900 e. The van der Waals surface area contributed by atoms with E-state index in [1.165, 1.54) is 6.54 Å². The summed E-state index contributed by atoms with van der Waals surface area (Å²) >= 11 is 0. The van der Waals surface area contributed by atoms with Crippen LogP contribution < -0.4 is 0 Å². The highest BCUT2D eigenvalue weighted by Gasteiger charge is 2.19. The number of aliphatic hydroxyl groups is 1. The van der Waals surface area contributed by atoms with Crippen LogP contribution in [0.4, 0.5) is 0 Å². The molecule has 0 amide bonds. The lowest BCUT2D eigenvalue weighted by Crippen LogP contribution is -2.49. The summed E-state index contributed by atoms with van der Waals surface area (Å²) in [4.78, 5) is 4.85. The Hall–Kier alpha value is -0.160. The Kier molecular flexibility index (Phi) is 7.15. The normalized spacial score (nSPS) is 20.8. The Bertz CT molecular complexity index is 214. The number of hydrogen-bond acceptors (Lipinski definition) is 4. The SMILES string of the molecule is CC(C)CN1CCN(CC(O)COC(C)C)CC1. The molecule has 0 spiro atoms. The van der Waals surface area contributed by atoms with Gasteiger partial charge in [0, 0.05) is 39.3 Å². The van der Waals surface area contributed by atoms with Crippen molar-refractivity contribution < 1.29 is 9.84 Å². The highest BCUT2D eigenvalue weighted by Crippen LogP contribution is 2.06. The van der Waals surface area contributed by atoms with Gasteiger partial charge in [0.1, 0.15) is 0 Å². The first-order valence-electron chi connectivity index (χ1n) is 7.21. The minimum atomic E-state index is -0.357. The van der Waals surface area contributed by atoms with Gasteiger partial charge in [-0.2, -0.15) is 0 Å². The Labute approximate surface area is 112 Å². The maximum absolute atomic E-state index is 9.88. The van der Waals surface area contributed by atoms with Gasteiger partial charge in [-0.05, 0) is 19.8 Å². The third-order valence-electron chi connectivity index (χ3n) is 3.18. The lowest BCUT2D eigenvalue weighted by molar-refractivity contribution is -0.0149. The van der Waals surface area contributed by atoms with Gasteiger partial charge in [-0.15, -0.1) is 0 Å². The third kappa shape index (κ3) is 6.69. The molecule has 4 heteroatoms. The van der Waals surface area contributed by atoms with Crippen molar-refractivity contribution in [2.45, 2.75) is 39.9 Å². The fourth-order valence-corrected chi connectivity index (χ4v) is 2.33. The first-order chi connectivity index (χ1) is 8.47. The second-order valence-electron chi connectivity index (χ2n) is 6.03. The van der Waals surface area contributed by atoms with Gasteiger partial charge in [-0.25, -0.2) is 0 Å². The second kappa shape index (κ2) is 8.10. The third-order valence-corrected chi connectivity index (χ3v) is 3.18. The van der Waals surface area contributed by atoms with Crippen LogP contribution in [0.1, 0.15) is 27.7 Å². The quantitative estimate of drug-likeness (QED) is 0.740. The second-order valence-corrected chi connectivity index (χ2v) is 6.03. The molecule has 1 saturated heterocycles. The molecule has 1 N–H and O–H groups in total. The summed E-state index contributed by atoms with van der Waals surface area (Å²) in [6.45, 7) is 15.3. The van der Waals surface area contributed by atoms with E-state index in [2.05, 4.69) is 23.6 Å². The number of rotatable bonds is 7. The lowest BCUT2D eigenvalue weighted by Gasteiger charge is -2.36. The molecule has 1 unspecified atom stereocenters. The largest absolute Gasteiger partial charge is 0.389 e. The first kappa shape index (κ1) is 15.9. The van der Waals surface area contributed by atoms with E-state index in [0.29, 0.717) is 6.61 Å². The molecule has 4 nitrogen and oxygen atoms in total. The number of nitrogens with zero attached hydrogens (tertiary/aromatic N) is 2. The van der Waals surface area contributed by atoms with Crippen LogP contribution in [0.5, 0.6) is 0 Å². The highest BCUT2D eigenvalue weighted by atomic mass is 16.5. The van der Waals surface area contributed by atoms with Gasteiger partial charge in [-0.1, -0.05) is 13.8 Å². The van der Waals surface area contributed by atoms with Crippen LogP contribution in [-0.2, 0) is 4.74 Å². The molecule has 1 fully saturated rings. The van der Waals surface area contributed by atoms with E-state index in [1.807, 2.05) is 13.8 Å². The van der Waals surface area contributed by atoms with E-state index in [-0.39, 0.29) is 12.2 Å². The number of hydrogen-bond donors (Lipinski definition) is 1. The van der Waals surface area contributed by atoms with Crippen LogP contribution in [-0.4, -0.2) is 73.0 Å². The molecule has 1 atom stereocenters. The lowest BCUT2D eigenvalue weighted by atomic mass is 10.2. The van der Waals surface area contributed by atoms with E-state index < -0.39 is 0 Å². The van der Waals surface area contributed by atoms with Gasteiger partial charge in [0.15, 0.2) is 0 Å². The summed E-state index contributed by atoms with van der Waals surface area (Å²) in [6.07, 6.45) is -0.161. The number of ether oxygens (including phenoxy) is 1. The van der Waals surface area contributed by atoms with E-state index in [4.69, 9.17) is 4.74 Å². The predicted molar refractivity (Wildman–Crippen MR) is 74.8 cm³/mol. The average Bonchev–Trinajstić information content (AvgIpc) is 2.28. The van der Waals surface area contributed by atoms with Crippen molar-refractivity contribution in [2.75, 3.05) is 45.9 Å². The van der Waals surface area contributed by atoms with E-state index in [9.17, 15) is 5.11 Å². The molecular formula is C14H30N2O2. The summed E-state index contributed by atoms with van der Waals surface area (Å²) in [6, 6.07) is 0. The van der Waals surface area contributed by atoms with Crippen molar-refractivity contribution in [1.29, 1.82) is 0 Å². The van der Waals surface area contributed by atoms with Crippen LogP contribution in [0, 0.1) is 5.92 Å². The van der Waals surface area contributed by atoms with Crippen LogP contribution >= 0.6 is 0 Å². The van der Waals surface area contributed by atoms with Crippen LogP contribution in [0.25, 0.3) is 0 Å². The molecule has 0 aromatic rings. The van der Waals surface area contributed by atoms with Crippen molar-refractivity contribution >= 4 is 0 Å². The number of β-amino-alcohol motifs (C(OH)–C–C–N with tert-alkyl or cyclic N) is 1. The Morgan fingerprint density at radius 2 is 1.44 bits per heavy atom. The molecule has 0 aromatic carbocycles. The summed E-state index contributed by atoms with van der Waals surface area (Å²) in [7, 11) is 0. The molecule has 0 saturated carbocycles. The van der Waals surface area contributed by atoms with Gasteiger partial charge >= 0.3 is 0 Å². The van der Waals surface area contributed by atoms with Gasteiger partial charge in [-0.3, -0.25) is 4.90 Å². The molecule has 0 radical (unpaired) electrons. The summed E-state index contributed by atoms with van der Waals surface area (Å²) in [5.74, 6) is 0.738. The molecule has 18 heavy (non-hydrogen) atoms. The number of aliphatic hydroxyl groups excluding tert-OH is 1. The van der Waals surface area contributed by atoms with Gasteiger partial charge < -0.3 is 14.7 Å². The fourth-order valence-electron chi connectivity index (χ4n) is 2.33. The minimum Gasteiger partial charge on any atom is -0.389 e. The molecule has 0 bridgehead atoms. The molecule has 0 aliphatic carbocycles. The molecule has 1 aliphatic rings. The minimum absolute atomic E-state index is 0.197. The standard InChI is InChI=1S/C14H30N2O2/c1-12(2)9-15-5-7-16(8-6-15)10-14(17)11-18-13(3)4/h12-14,17H,5-11H2,1-4H3. The monoisotopic (exact) mass is 258 g/mol. The van der Waals surface area contributed by atoms with Crippen LogP contribution in [0.2, 0.25) is 0 Å². The molecule has 1 aliphatic heterocycles. The van der Waals surface area contributed by atoms with Gasteiger partial charge in [0.05, 0.1) is 18.8 Å². The first-order valence-corrected chi connectivity index (χ1v) is 7.21. The van der Waals surface area contributed by atoms with Crippen molar-refractivity contribution in [1.82, 2.24) is 9.80 Å². The Morgan fingerprint density at radius 1 is 0.944 bits per heavy atom. The zero-order chi connectivity index (χ0) is 13.5. The molecule has 1 rings (SSSR count). The van der Waals surface area contributed by atoms with Crippen molar-refractivity contribution in [3.05, 3.63) is 0 Å². The van der Waals surface area contributed by atoms with Gasteiger partial charge in [0.2, 0.25) is 0 Å². The van der Waals surface area contributed by atoms with Crippen molar-refractivity contribution in [3.63, 3.8) is 0 Å². The summed E-state index contributed by atoms with van der Waals surface area (Å²) in [5.41, 5.74) is 0. The maximum atomic E-state index is 9.88. The van der Waals surface area contributed by atoms with Gasteiger partial charge in [0.25, 0.3) is 0 Å². The zero-order valence-corrected chi connectivity index (χ0v) is 12.4. The summed E-state index contributed by atoms with van der Waals surface area (Å²) < 4.78 is 5.43. The van der Waals surface area contributed by atoms with E-state index >= 15 is 0 Å².